The maximum absolute atomic E-state index is 10.2. The van der Waals surface area contributed by atoms with Crippen molar-refractivity contribution in [2.24, 2.45) is 0 Å². The van der Waals surface area contributed by atoms with Gasteiger partial charge in [-0.05, 0) is 0 Å². The van der Waals surface area contributed by atoms with Gasteiger partial charge in [-0.15, -0.1) is 4.86 Å². The molecule has 9 heavy (non-hydrogen) atoms. The van der Waals surface area contributed by atoms with E-state index in [1.807, 2.05) is 0 Å². The third-order valence-electron chi connectivity index (χ3n) is 0.316. The number of rotatable bonds is 2. The molecule has 0 spiro atoms. The van der Waals surface area contributed by atoms with E-state index in [0.717, 1.165) is 6.66 Å². The van der Waals surface area contributed by atoms with Crippen LogP contribution in [-0.2, 0) is 9.13 Å². The second-order valence-electron chi connectivity index (χ2n) is 1.52. The van der Waals surface area contributed by atoms with Crippen molar-refractivity contribution >= 4 is 15.3 Å². The van der Waals surface area contributed by atoms with Crippen LogP contribution in [0.3, 0.4) is 0 Å². The molecular formula is CH7NO5P2. The molecule has 0 heterocycles. The molecule has 0 amide bonds. The first-order chi connectivity index (χ1) is 3.71. The van der Waals surface area contributed by atoms with E-state index in [-0.39, 0.29) is 0 Å². The normalized spacial score (nSPS) is 19.1. The average molecular weight is 175 g/mol. The second-order valence-corrected chi connectivity index (χ2v) is 5.17. The minimum atomic E-state index is -4.55. The predicted molar refractivity (Wildman–Crippen MR) is 30.9 cm³/mol. The van der Waals surface area contributed by atoms with Gasteiger partial charge < -0.3 is 14.7 Å². The van der Waals surface area contributed by atoms with Gasteiger partial charge >= 0.3 is 7.75 Å². The van der Waals surface area contributed by atoms with E-state index >= 15 is 0 Å². The lowest BCUT2D eigenvalue weighted by atomic mass is 12.0. The van der Waals surface area contributed by atoms with Crippen molar-refractivity contribution in [2.75, 3.05) is 6.66 Å². The van der Waals surface area contributed by atoms with E-state index in [1.165, 1.54) is 4.86 Å². The minimum Gasteiger partial charge on any atom is -0.333 e. The van der Waals surface area contributed by atoms with Gasteiger partial charge in [0.15, 0.2) is 0 Å². The van der Waals surface area contributed by atoms with Crippen molar-refractivity contribution in [2.45, 2.75) is 0 Å². The molecule has 0 aromatic rings. The van der Waals surface area contributed by atoms with Crippen LogP contribution < -0.4 is 4.86 Å². The van der Waals surface area contributed by atoms with Gasteiger partial charge in [0.1, 0.15) is 0 Å². The summed E-state index contributed by atoms with van der Waals surface area (Å²) in [6, 6.07) is 0. The van der Waals surface area contributed by atoms with E-state index in [2.05, 4.69) is 0 Å². The van der Waals surface area contributed by atoms with Crippen LogP contribution in [0, 0.1) is 0 Å². The summed E-state index contributed by atoms with van der Waals surface area (Å²) in [6.07, 6.45) is 0. The zero-order valence-corrected chi connectivity index (χ0v) is 6.34. The van der Waals surface area contributed by atoms with Crippen LogP contribution in [0.2, 0.25) is 0 Å². The lowest BCUT2D eigenvalue weighted by Gasteiger charge is -2.07. The van der Waals surface area contributed by atoms with Gasteiger partial charge in [-0.1, -0.05) is 0 Å². The molecule has 4 N–H and O–H groups in total. The van der Waals surface area contributed by atoms with E-state index in [9.17, 15) is 9.13 Å². The monoisotopic (exact) mass is 175 g/mol. The lowest BCUT2D eigenvalue weighted by Crippen LogP contribution is -2.03. The Kier molecular flexibility index (Phi) is 2.58. The van der Waals surface area contributed by atoms with E-state index in [4.69, 9.17) is 14.7 Å². The van der Waals surface area contributed by atoms with E-state index in [0.29, 0.717) is 0 Å². The Morgan fingerprint density at radius 3 is 1.56 bits per heavy atom. The van der Waals surface area contributed by atoms with Crippen molar-refractivity contribution < 1.29 is 23.8 Å². The molecule has 0 aromatic carbocycles. The summed E-state index contributed by atoms with van der Waals surface area (Å²) < 4.78 is 20.1. The topological polar surface area (TPSA) is 107 Å². The quantitative estimate of drug-likeness (QED) is 0.421. The van der Waals surface area contributed by atoms with Crippen LogP contribution in [-0.4, -0.2) is 21.3 Å². The highest BCUT2D eigenvalue weighted by molar-refractivity contribution is 7.68. The summed E-state index contributed by atoms with van der Waals surface area (Å²) in [7, 11) is -8.35. The van der Waals surface area contributed by atoms with Crippen molar-refractivity contribution in [1.29, 1.82) is 0 Å². The third-order valence-corrected chi connectivity index (χ3v) is 2.84. The van der Waals surface area contributed by atoms with Crippen LogP contribution in [0.5, 0.6) is 0 Å². The molecule has 0 aliphatic carbocycles. The predicted octanol–water partition coefficient (Wildman–Crippen LogP) is -0.516. The Morgan fingerprint density at radius 2 is 1.56 bits per heavy atom. The highest BCUT2D eigenvalue weighted by Gasteiger charge is 2.22. The SMILES string of the molecule is CP(=O)(O)NP(=O)(O)O. The Bertz CT molecular complexity index is 155. The average Bonchev–Trinajstić information content (AvgIpc) is 1.14. The summed E-state index contributed by atoms with van der Waals surface area (Å²) in [6.45, 7) is 0.798. The molecule has 1 unspecified atom stereocenters. The standard InChI is InChI=1S/CH7NO5P2/c1-8(3,4)2-9(5,6)7/h1H3,(H4,2,3,4,5,6,7). The van der Waals surface area contributed by atoms with Crippen molar-refractivity contribution in [3.05, 3.63) is 0 Å². The molecule has 0 saturated heterocycles. The molecular weight excluding hydrogens is 168 g/mol. The van der Waals surface area contributed by atoms with Crippen molar-refractivity contribution in [3.63, 3.8) is 0 Å². The molecule has 0 bridgehead atoms. The maximum Gasteiger partial charge on any atom is 0.407 e. The summed E-state index contributed by atoms with van der Waals surface area (Å²) >= 11 is 0. The van der Waals surface area contributed by atoms with Gasteiger partial charge in [-0.3, -0.25) is 4.57 Å². The van der Waals surface area contributed by atoms with Crippen LogP contribution in [0.15, 0.2) is 0 Å². The molecule has 8 heteroatoms. The highest BCUT2D eigenvalue weighted by Crippen LogP contribution is 2.44. The second kappa shape index (κ2) is 2.50. The van der Waals surface area contributed by atoms with Crippen molar-refractivity contribution in [3.8, 4) is 0 Å². The highest BCUT2D eigenvalue weighted by atomic mass is 31.2. The molecule has 0 rings (SSSR count). The largest absolute Gasteiger partial charge is 0.407 e. The van der Waals surface area contributed by atoms with Crippen LogP contribution in [0.25, 0.3) is 0 Å². The summed E-state index contributed by atoms with van der Waals surface area (Å²) in [5.74, 6) is 0. The number of nitrogens with one attached hydrogen (secondary N) is 1. The summed E-state index contributed by atoms with van der Waals surface area (Å²) in [5.41, 5.74) is 0. The Hall–Kier alpha value is 0.300. The lowest BCUT2D eigenvalue weighted by molar-refractivity contribution is 0.363. The Labute approximate surface area is 51.6 Å². The first kappa shape index (κ1) is 9.30. The number of hydrogen-bond donors (Lipinski definition) is 4. The van der Waals surface area contributed by atoms with Gasteiger partial charge in [0.25, 0.3) is 7.52 Å². The molecule has 6 nitrogen and oxygen atoms in total. The zero-order chi connectivity index (χ0) is 7.71. The fraction of sp³-hybridized carbons (Fsp3) is 1.00. The van der Waals surface area contributed by atoms with Crippen LogP contribution in [0.1, 0.15) is 0 Å². The van der Waals surface area contributed by atoms with Crippen LogP contribution in [0.4, 0.5) is 0 Å². The van der Waals surface area contributed by atoms with E-state index < -0.39 is 15.3 Å². The smallest absolute Gasteiger partial charge is 0.333 e. The van der Waals surface area contributed by atoms with Gasteiger partial charge in [0.2, 0.25) is 0 Å². The molecule has 0 aromatic heterocycles. The maximum atomic E-state index is 10.2. The molecule has 56 valence electrons. The molecule has 0 radical (unpaired) electrons. The molecule has 0 aliphatic rings. The van der Waals surface area contributed by atoms with Gasteiger partial charge in [0.05, 0.1) is 0 Å². The van der Waals surface area contributed by atoms with Gasteiger partial charge in [-0.25, -0.2) is 4.57 Å². The fourth-order valence-electron chi connectivity index (χ4n) is 0.242. The first-order valence-corrected chi connectivity index (χ1v) is 5.58. The van der Waals surface area contributed by atoms with Crippen LogP contribution >= 0.6 is 15.3 Å². The minimum absolute atomic E-state index is 0.798. The van der Waals surface area contributed by atoms with Crippen molar-refractivity contribution in [1.82, 2.24) is 4.86 Å². The van der Waals surface area contributed by atoms with E-state index in [1.54, 1.807) is 0 Å². The third kappa shape index (κ3) is 8.30. The van der Waals surface area contributed by atoms with Gasteiger partial charge in [-0.2, -0.15) is 0 Å². The van der Waals surface area contributed by atoms with Gasteiger partial charge in [0, 0.05) is 6.66 Å². The first-order valence-electron chi connectivity index (χ1n) is 1.86. The summed E-state index contributed by atoms with van der Waals surface area (Å²) in [5, 5.41) is 0. The zero-order valence-electron chi connectivity index (χ0n) is 4.55. The molecule has 0 saturated carbocycles. The molecule has 0 fully saturated rings. The number of hydrogen-bond acceptors (Lipinski definition) is 2. The molecule has 0 aliphatic heterocycles. The Morgan fingerprint density at radius 1 is 1.22 bits per heavy atom. The fourth-order valence-corrected chi connectivity index (χ4v) is 2.18. The molecule has 1 atom stereocenters. The summed E-state index contributed by atoms with van der Waals surface area (Å²) in [4.78, 5) is 25.6. The Balaban J connectivity index is 4.07.